The van der Waals surface area contributed by atoms with Gasteiger partial charge in [0.25, 0.3) is 0 Å². The van der Waals surface area contributed by atoms with Crippen LogP contribution in [0, 0.1) is 12.8 Å². The van der Waals surface area contributed by atoms with Gasteiger partial charge in [-0.1, -0.05) is 26.2 Å². The molecule has 3 heteroatoms. The van der Waals surface area contributed by atoms with Crippen LogP contribution < -0.4 is 5.73 Å². The molecule has 1 aliphatic carbocycles. The zero-order valence-electron chi connectivity index (χ0n) is 11.5. The van der Waals surface area contributed by atoms with E-state index in [1.54, 1.807) is 11.3 Å². The smallest absolute Gasteiger partial charge is 0.104 e. The number of aryl methyl sites for hydroxylation is 1. The van der Waals surface area contributed by atoms with E-state index in [0.717, 1.165) is 5.92 Å². The normalized spacial score (nSPS) is 26.2. The number of rotatable bonds is 5. The van der Waals surface area contributed by atoms with E-state index in [-0.39, 0.29) is 6.10 Å². The summed E-state index contributed by atoms with van der Waals surface area (Å²) < 4.78 is 6.28. The first-order valence-electron chi connectivity index (χ1n) is 7.14. The molecule has 0 radical (unpaired) electrons. The molecule has 0 aliphatic heterocycles. The molecule has 2 rings (SSSR count). The van der Waals surface area contributed by atoms with Crippen molar-refractivity contribution in [3.05, 3.63) is 21.9 Å². The summed E-state index contributed by atoms with van der Waals surface area (Å²) in [6.45, 7) is 5.03. The van der Waals surface area contributed by atoms with Crippen LogP contribution in [0.15, 0.2) is 11.4 Å². The fourth-order valence-electron chi connectivity index (χ4n) is 2.91. The molecule has 2 N–H and O–H groups in total. The van der Waals surface area contributed by atoms with Crippen molar-refractivity contribution in [2.24, 2.45) is 11.7 Å². The van der Waals surface area contributed by atoms with Gasteiger partial charge in [0, 0.05) is 11.4 Å². The molecule has 1 aromatic rings. The van der Waals surface area contributed by atoms with Gasteiger partial charge in [0.15, 0.2) is 0 Å². The molecule has 3 atom stereocenters. The molecule has 18 heavy (non-hydrogen) atoms. The van der Waals surface area contributed by atoms with Crippen LogP contribution in [-0.2, 0) is 4.74 Å². The van der Waals surface area contributed by atoms with E-state index >= 15 is 0 Å². The van der Waals surface area contributed by atoms with E-state index in [1.807, 2.05) is 0 Å². The molecule has 0 saturated heterocycles. The van der Waals surface area contributed by atoms with Crippen molar-refractivity contribution in [1.82, 2.24) is 0 Å². The quantitative estimate of drug-likeness (QED) is 0.873. The monoisotopic (exact) mass is 267 g/mol. The van der Waals surface area contributed by atoms with Crippen LogP contribution in [0.25, 0.3) is 0 Å². The lowest BCUT2D eigenvalue weighted by atomic mass is 9.85. The third-order valence-electron chi connectivity index (χ3n) is 4.08. The van der Waals surface area contributed by atoms with E-state index in [4.69, 9.17) is 10.5 Å². The van der Waals surface area contributed by atoms with Gasteiger partial charge in [-0.3, -0.25) is 0 Å². The Morgan fingerprint density at radius 2 is 2.33 bits per heavy atom. The molecule has 1 saturated carbocycles. The van der Waals surface area contributed by atoms with Gasteiger partial charge in [-0.05, 0) is 42.7 Å². The van der Waals surface area contributed by atoms with E-state index in [2.05, 4.69) is 25.3 Å². The standard InChI is InChI=1S/C15H25NOS/c1-3-12-5-4-6-13(9-12)17-14(10-16)15-11(2)7-8-18-15/h7-8,12-14H,3-6,9-10,16H2,1-2H3. The molecule has 0 amide bonds. The summed E-state index contributed by atoms with van der Waals surface area (Å²) in [5, 5.41) is 2.13. The number of hydrogen-bond acceptors (Lipinski definition) is 3. The maximum Gasteiger partial charge on any atom is 0.104 e. The minimum Gasteiger partial charge on any atom is -0.368 e. The lowest BCUT2D eigenvalue weighted by Crippen LogP contribution is -2.27. The second kappa shape index (κ2) is 6.69. The number of nitrogens with two attached hydrogens (primary N) is 1. The third-order valence-corrected chi connectivity index (χ3v) is 5.19. The summed E-state index contributed by atoms with van der Waals surface area (Å²) in [5.41, 5.74) is 7.22. The molecule has 2 nitrogen and oxygen atoms in total. The number of thiophene rings is 1. The Hall–Kier alpha value is -0.380. The van der Waals surface area contributed by atoms with Crippen LogP contribution in [-0.4, -0.2) is 12.6 Å². The summed E-state index contributed by atoms with van der Waals surface area (Å²) >= 11 is 1.77. The van der Waals surface area contributed by atoms with Crippen molar-refractivity contribution in [1.29, 1.82) is 0 Å². The molecule has 1 aliphatic rings. The van der Waals surface area contributed by atoms with Gasteiger partial charge in [0.2, 0.25) is 0 Å². The Kier molecular flexibility index (Phi) is 5.22. The first-order chi connectivity index (χ1) is 8.74. The molecule has 1 aromatic heterocycles. The highest BCUT2D eigenvalue weighted by Crippen LogP contribution is 2.33. The predicted molar refractivity (Wildman–Crippen MR) is 78.0 cm³/mol. The Morgan fingerprint density at radius 1 is 1.50 bits per heavy atom. The molecule has 102 valence electrons. The van der Waals surface area contributed by atoms with Crippen LogP contribution in [0.5, 0.6) is 0 Å². The zero-order chi connectivity index (χ0) is 13.0. The first kappa shape index (κ1) is 14.0. The van der Waals surface area contributed by atoms with Crippen molar-refractivity contribution < 1.29 is 4.74 Å². The topological polar surface area (TPSA) is 35.2 Å². The average Bonchev–Trinajstić information content (AvgIpc) is 2.82. The molecule has 0 spiro atoms. The Bertz CT molecular complexity index is 363. The van der Waals surface area contributed by atoms with Crippen LogP contribution >= 0.6 is 11.3 Å². The molecule has 3 unspecified atom stereocenters. The highest BCUT2D eigenvalue weighted by molar-refractivity contribution is 7.10. The Morgan fingerprint density at radius 3 is 2.94 bits per heavy atom. The van der Waals surface area contributed by atoms with Crippen LogP contribution in [0.3, 0.4) is 0 Å². The molecular weight excluding hydrogens is 242 g/mol. The Balaban J connectivity index is 1.96. The summed E-state index contributed by atoms with van der Waals surface area (Å²) in [4.78, 5) is 1.32. The molecule has 1 fully saturated rings. The van der Waals surface area contributed by atoms with Crippen LogP contribution in [0.4, 0.5) is 0 Å². The summed E-state index contributed by atoms with van der Waals surface area (Å²) in [6.07, 6.45) is 6.91. The van der Waals surface area contributed by atoms with Crippen molar-refractivity contribution in [3.63, 3.8) is 0 Å². The first-order valence-corrected chi connectivity index (χ1v) is 8.02. The van der Waals surface area contributed by atoms with Crippen molar-refractivity contribution in [2.45, 2.75) is 58.2 Å². The second-order valence-electron chi connectivity index (χ2n) is 5.39. The van der Waals surface area contributed by atoms with Gasteiger partial charge in [-0.2, -0.15) is 0 Å². The average molecular weight is 267 g/mol. The van der Waals surface area contributed by atoms with Crippen molar-refractivity contribution in [3.8, 4) is 0 Å². The predicted octanol–water partition coefficient (Wildman–Crippen LogP) is 4.04. The number of ether oxygens (including phenoxy) is 1. The largest absolute Gasteiger partial charge is 0.368 e. The minimum absolute atomic E-state index is 0.102. The van der Waals surface area contributed by atoms with Crippen LogP contribution in [0.2, 0.25) is 0 Å². The van der Waals surface area contributed by atoms with E-state index in [1.165, 1.54) is 42.5 Å². The lowest BCUT2D eigenvalue weighted by molar-refractivity contribution is -0.0368. The van der Waals surface area contributed by atoms with E-state index < -0.39 is 0 Å². The van der Waals surface area contributed by atoms with Gasteiger partial charge in [-0.25, -0.2) is 0 Å². The highest BCUT2D eigenvalue weighted by Gasteiger charge is 2.25. The molecule has 1 heterocycles. The third kappa shape index (κ3) is 3.34. The zero-order valence-corrected chi connectivity index (χ0v) is 12.3. The minimum atomic E-state index is 0.102. The van der Waals surface area contributed by atoms with Gasteiger partial charge < -0.3 is 10.5 Å². The van der Waals surface area contributed by atoms with Crippen LogP contribution in [0.1, 0.15) is 55.6 Å². The lowest BCUT2D eigenvalue weighted by Gasteiger charge is -2.31. The van der Waals surface area contributed by atoms with Gasteiger partial charge in [-0.15, -0.1) is 11.3 Å². The SMILES string of the molecule is CCC1CCCC(OC(CN)c2sccc2C)C1. The fraction of sp³-hybridized carbons (Fsp3) is 0.733. The highest BCUT2D eigenvalue weighted by atomic mass is 32.1. The number of hydrogen-bond donors (Lipinski definition) is 1. The van der Waals surface area contributed by atoms with Crippen molar-refractivity contribution >= 4 is 11.3 Å². The Labute approximate surface area is 115 Å². The van der Waals surface area contributed by atoms with Gasteiger partial charge in [0.05, 0.1) is 6.10 Å². The maximum absolute atomic E-state index is 6.28. The van der Waals surface area contributed by atoms with Crippen molar-refractivity contribution in [2.75, 3.05) is 6.54 Å². The fourth-order valence-corrected chi connectivity index (χ4v) is 3.88. The molecular formula is C15H25NOS. The maximum atomic E-state index is 6.28. The van der Waals surface area contributed by atoms with Gasteiger partial charge in [0.1, 0.15) is 6.10 Å². The van der Waals surface area contributed by atoms with E-state index in [0.29, 0.717) is 12.6 Å². The summed E-state index contributed by atoms with van der Waals surface area (Å²) in [5.74, 6) is 0.853. The summed E-state index contributed by atoms with van der Waals surface area (Å²) in [6, 6.07) is 2.15. The van der Waals surface area contributed by atoms with E-state index in [9.17, 15) is 0 Å². The summed E-state index contributed by atoms with van der Waals surface area (Å²) in [7, 11) is 0. The van der Waals surface area contributed by atoms with Gasteiger partial charge >= 0.3 is 0 Å². The molecule has 0 aromatic carbocycles. The second-order valence-corrected chi connectivity index (χ2v) is 6.34. The molecule has 0 bridgehead atoms.